The molecule has 4 rings (SSSR count). The molecule has 1 saturated heterocycles. The zero-order chi connectivity index (χ0) is 24.6. The van der Waals surface area contributed by atoms with E-state index in [-0.39, 0.29) is 23.4 Å². The molecule has 1 aliphatic rings. The van der Waals surface area contributed by atoms with E-state index in [1.54, 1.807) is 24.3 Å². The highest BCUT2D eigenvalue weighted by Gasteiger charge is 2.12. The predicted octanol–water partition coefficient (Wildman–Crippen LogP) is 3.51. The maximum atomic E-state index is 14.1. The molecule has 2 aromatic carbocycles. The summed E-state index contributed by atoms with van der Waals surface area (Å²) in [6.45, 7) is 4.47. The molecule has 0 atom stereocenters. The van der Waals surface area contributed by atoms with E-state index in [0.717, 1.165) is 51.4 Å². The molecule has 2 heterocycles. The standard InChI is InChI=1S/C25H26F2N4O4/c26-19-5-6-21(22(27)16-19)23-7-8-24(32)31(29-23)17-18-3-1-4-20(15-18)28-25(33)35-12-2-9-30-10-13-34-14-11-30/h1,3-8,15-16H,2,9-14,17H2,(H,28,33). The molecule has 35 heavy (non-hydrogen) atoms. The van der Waals surface area contributed by atoms with Crippen molar-refractivity contribution in [3.63, 3.8) is 0 Å². The maximum absolute atomic E-state index is 14.1. The van der Waals surface area contributed by atoms with Gasteiger partial charge in [-0.25, -0.2) is 18.3 Å². The number of nitrogens with zero attached hydrogens (tertiary/aromatic N) is 3. The lowest BCUT2D eigenvalue weighted by atomic mass is 10.1. The minimum Gasteiger partial charge on any atom is -0.449 e. The fraction of sp³-hybridized carbons (Fsp3) is 0.320. The van der Waals surface area contributed by atoms with Crippen LogP contribution in [0.25, 0.3) is 11.3 Å². The first-order valence-electron chi connectivity index (χ1n) is 11.3. The molecular weight excluding hydrogens is 458 g/mol. The molecule has 1 fully saturated rings. The fourth-order valence-electron chi connectivity index (χ4n) is 3.76. The van der Waals surface area contributed by atoms with Crippen LogP contribution in [0.4, 0.5) is 19.3 Å². The monoisotopic (exact) mass is 484 g/mol. The van der Waals surface area contributed by atoms with Crippen molar-refractivity contribution in [1.82, 2.24) is 14.7 Å². The van der Waals surface area contributed by atoms with Crippen LogP contribution in [0, 0.1) is 11.6 Å². The molecule has 0 spiro atoms. The molecule has 1 N–H and O–H groups in total. The van der Waals surface area contributed by atoms with Crippen LogP contribution in [0.5, 0.6) is 0 Å². The summed E-state index contributed by atoms with van der Waals surface area (Å²) in [6.07, 6.45) is 0.167. The normalized spacial score (nSPS) is 14.0. The zero-order valence-electron chi connectivity index (χ0n) is 19.1. The van der Waals surface area contributed by atoms with Crippen molar-refractivity contribution in [2.24, 2.45) is 0 Å². The van der Waals surface area contributed by atoms with Gasteiger partial charge in [0.1, 0.15) is 11.6 Å². The number of aromatic nitrogens is 2. The Morgan fingerprint density at radius 2 is 1.91 bits per heavy atom. The van der Waals surface area contributed by atoms with Crippen LogP contribution >= 0.6 is 0 Å². The molecule has 0 saturated carbocycles. The first-order valence-corrected chi connectivity index (χ1v) is 11.3. The van der Waals surface area contributed by atoms with Crippen molar-refractivity contribution in [2.75, 3.05) is 44.8 Å². The molecular formula is C25H26F2N4O4. The molecule has 0 unspecified atom stereocenters. The lowest BCUT2D eigenvalue weighted by molar-refractivity contribution is 0.0348. The molecule has 0 bridgehead atoms. The minimum absolute atomic E-state index is 0.0898. The highest BCUT2D eigenvalue weighted by Crippen LogP contribution is 2.21. The summed E-state index contributed by atoms with van der Waals surface area (Å²) in [6, 6.07) is 12.8. The Kier molecular flexibility index (Phi) is 8.17. The number of halogens is 2. The second-order valence-electron chi connectivity index (χ2n) is 8.11. The minimum atomic E-state index is -0.766. The fourth-order valence-corrected chi connectivity index (χ4v) is 3.76. The van der Waals surface area contributed by atoms with Crippen molar-refractivity contribution >= 4 is 11.8 Å². The molecule has 1 aliphatic heterocycles. The summed E-state index contributed by atoms with van der Waals surface area (Å²) >= 11 is 0. The van der Waals surface area contributed by atoms with Gasteiger partial charge in [-0.1, -0.05) is 12.1 Å². The van der Waals surface area contributed by atoms with E-state index in [1.165, 1.54) is 22.9 Å². The number of nitrogens with one attached hydrogen (secondary N) is 1. The zero-order valence-corrected chi connectivity index (χ0v) is 19.1. The number of amides is 1. The first-order chi connectivity index (χ1) is 17.0. The van der Waals surface area contributed by atoms with Crippen molar-refractivity contribution in [2.45, 2.75) is 13.0 Å². The van der Waals surface area contributed by atoms with Gasteiger partial charge in [0, 0.05) is 43.0 Å². The highest BCUT2D eigenvalue weighted by atomic mass is 19.1. The Labute approximate surface area is 201 Å². The quantitative estimate of drug-likeness (QED) is 0.493. The number of ether oxygens (including phenoxy) is 2. The molecule has 8 nitrogen and oxygen atoms in total. The van der Waals surface area contributed by atoms with E-state index in [0.29, 0.717) is 17.9 Å². The van der Waals surface area contributed by atoms with Crippen molar-refractivity contribution in [1.29, 1.82) is 0 Å². The number of anilines is 1. The molecule has 1 amide bonds. The van der Waals surface area contributed by atoms with Gasteiger partial charge in [0.25, 0.3) is 5.56 Å². The van der Waals surface area contributed by atoms with E-state index in [4.69, 9.17) is 9.47 Å². The van der Waals surface area contributed by atoms with Crippen LogP contribution in [-0.2, 0) is 16.0 Å². The van der Waals surface area contributed by atoms with E-state index in [1.807, 2.05) is 0 Å². The van der Waals surface area contributed by atoms with Gasteiger partial charge in [-0.05, 0) is 42.3 Å². The number of hydrogen-bond acceptors (Lipinski definition) is 6. The number of benzene rings is 2. The lowest BCUT2D eigenvalue weighted by Crippen LogP contribution is -2.37. The van der Waals surface area contributed by atoms with Gasteiger partial charge < -0.3 is 9.47 Å². The predicted molar refractivity (Wildman–Crippen MR) is 126 cm³/mol. The van der Waals surface area contributed by atoms with E-state index >= 15 is 0 Å². The molecule has 10 heteroatoms. The van der Waals surface area contributed by atoms with Crippen LogP contribution in [0.2, 0.25) is 0 Å². The highest BCUT2D eigenvalue weighted by molar-refractivity contribution is 5.84. The summed E-state index contributed by atoms with van der Waals surface area (Å²) in [5.74, 6) is -1.46. The van der Waals surface area contributed by atoms with E-state index in [9.17, 15) is 18.4 Å². The number of hydrogen-bond donors (Lipinski definition) is 1. The molecule has 3 aromatic rings. The van der Waals surface area contributed by atoms with Gasteiger partial charge in [0.15, 0.2) is 0 Å². The second kappa shape index (κ2) is 11.7. The van der Waals surface area contributed by atoms with Crippen LogP contribution in [0.3, 0.4) is 0 Å². The Balaban J connectivity index is 1.35. The van der Waals surface area contributed by atoms with Crippen LogP contribution in [-0.4, -0.2) is 60.2 Å². The average molecular weight is 485 g/mol. The summed E-state index contributed by atoms with van der Waals surface area (Å²) in [7, 11) is 0. The van der Waals surface area contributed by atoms with E-state index in [2.05, 4.69) is 15.3 Å². The van der Waals surface area contributed by atoms with Crippen molar-refractivity contribution < 1.29 is 23.0 Å². The number of carbonyl (C=O) groups is 1. The summed E-state index contributed by atoms with van der Waals surface area (Å²) < 4.78 is 39.1. The number of rotatable bonds is 8. The lowest BCUT2D eigenvalue weighted by Gasteiger charge is -2.26. The molecule has 0 aliphatic carbocycles. The van der Waals surface area contributed by atoms with Gasteiger partial charge in [-0.2, -0.15) is 5.10 Å². The SMILES string of the molecule is O=C(Nc1cccc(Cn2nc(-c3ccc(F)cc3F)ccc2=O)c1)OCCCN1CCOCC1. The second-order valence-corrected chi connectivity index (χ2v) is 8.11. The van der Waals surface area contributed by atoms with E-state index < -0.39 is 17.7 Å². The number of morpholine rings is 1. The van der Waals surface area contributed by atoms with Gasteiger partial charge in [-0.3, -0.25) is 15.0 Å². The third-order valence-electron chi connectivity index (χ3n) is 5.53. The summed E-state index contributed by atoms with van der Waals surface area (Å²) in [4.78, 5) is 26.7. The van der Waals surface area contributed by atoms with Crippen molar-refractivity contribution in [3.05, 3.63) is 82.1 Å². The summed E-state index contributed by atoms with van der Waals surface area (Å²) in [5, 5.41) is 6.91. The first kappa shape index (κ1) is 24.5. The average Bonchev–Trinajstić information content (AvgIpc) is 2.84. The largest absolute Gasteiger partial charge is 0.449 e. The molecule has 184 valence electrons. The molecule has 0 radical (unpaired) electrons. The Morgan fingerprint density at radius 3 is 2.71 bits per heavy atom. The smallest absolute Gasteiger partial charge is 0.411 e. The van der Waals surface area contributed by atoms with Gasteiger partial charge >= 0.3 is 6.09 Å². The van der Waals surface area contributed by atoms with Crippen LogP contribution in [0.15, 0.2) is 59.4 Å². The van der Waals surface area contributed by atoms with Gasteiger partial charge in [0.2, 0.25) is 0 Å². The van der Waals surface area contributed by atoms with Gasteiger partial charge in [0.05, 0.1) is 32.1 Å². The Bertz CT molecular complexity index is 1230. The third kappa shape index (κ3) is 6.93. The number of carbonyl (C=O) groups excluding carboxylic acids is 1. The topological polar surface area (TPSA) is 85.7 Å². The Hall–Kier alpha value is -3.63. The summed E-state index contributed by atoms with van der Waals surface area (Å²) in [5.41, 5.74) is 1.12. The third-order valence-corrected chi connectivity index (χ3v) is 5.53. The van der Waals surface area contributed by atoms with Crippen LogP contribution in [0.1, 0.15) is 12.0 Å². The molecule has 1 aromatic heterocycles. The Morgan fingerprint density at radius 1 is 1.09 bits per heavy atom. The maximum Gasteiger partial charge on any atom is 0.411 e. The van der Waals surface area contributed by atoms with Crippen LogP contribution < -0.4 is 10.9 Å². The van der Waals surface area contributed by atoms with Gasteiger partial charge in [-0.15, -0.1) is 0 Å². The van der Waals surface area contributed by atoms with Crippen molar-refractivity contribution in [3.8, 4) is 11.3 Å².